The molecule has 4 aromatic rings. The maximum atomic E-state index is 6.42. The molecule has 0 aliphatic heterocycles. The minimum absolute atomic E-state index is 0.525. The fraction of sp³-hybridized carbons (Fsp3) is 0.111. The third-order valence-electron chi connectivity index (χ3n) is 3.92. The van der Waals surface area contributed by atoms with Gasteiger partial charge in [-0.1, -0.05) is 81.4 Å². The highest BCUT2D eigenvalue weighted by atomic mass is 35.5. The fourth-order valence-corrected chi connectivity index (χ4v) is 4.75. The Bertz CT molecular complexity index is 1100. The van der Waals surface area contributed by atoms with Crippen LogP contribution < -0.4 is 0 Å². The van der Waals surface area contributed by atoms with Gasteiger partial charge in [-0.2, -0.15) is 0 Å². The molecule has 0 aliphatic rings. The monoisotopic (exact) mass is 467 g/mol. The zero-order valence-corrected chi connectivity index (χ0v) is 18.1. The van der Waals surface area contributed by atoms with E-state index in [1.54, 1.807) is 12.1 Å². The zero-order valence-electron chi connectivity index (χ0n) is 14.2. The predicted octanol–water partition coefficient (Wildman–Crippen LogP) is 6.10. The van der Waals surface area contributed by atoms with Crippen LogP contribution in [0.5, 0.6) is 0 Å². The Labute approximate surface area is 184 Å². The first-order chi connectivity index (χ1) is 13.6. The van der Waals surface area contributed by atoms with Crippen molar-refractivity contribution in [3.05, 3.63) is 74.2 Å². The second-order valence-electron chi connectivity index (χ2n) is 5.78. The molecule has 0 spiro atoms. The van der Waals surface area contributed by atoms with Crippen molar-refractivity contribution in [2.45, 2.75) is 17.5 Å². The van der Waals surface area contributed by atoms with E-state index in [0.29, 0.717) is 32.5 Å². The highest BCUT2D eigenvalue weighted by Crippen LogP contribution is 2.33. The lowest BCUT2D eigenvalue weighted by atomic mass is 10.2. The average molecular weight is 469 g/mol. The van der Waals surface area contributed by atoms with Crippen LogP contribution in [0, 0.1) is 0 Å². The van der Waals surface area contributed by atoms with Gasteiger partial charge in [-0.15, -0.1) is 15.3 Å². The van der Waals surface area contributed by atoms with Gasteiger partial charge in [0.15, 0.2) is 11.0 Å². The maximum absolute atomic E-state index is 6.42. The first kappa shape index (κ1) is 19.7. The third-order valence-corrected chi connectivity index (χ3v) is 6.43. The van der Waals surface area contributed by atoms with E-state index in [4.69, 9.17) is 34.8 Å². The SMILES string of the molecule is Clc1ccc(-c2nnc(SCc3nnsc3Cl)n2Cc2ccccc2)c(Cl)c1. The predicted molar refractivity (Wildman–Crippen MR) is 116 cm³/mol. The van der Waals surface area contributed by atoms with Crippen molar-refractivity contribution < 1.29 is 0 Å². The van der Waals surface area contributed by atoms with E-state index in [1.807, 2.05) is 28.8 Å². The second-order valence-corrected chi connectivity index (χ2v) is 8.93. The standard InChI is InChI=1S/C18H12Cl3N5S2/c19-12-6-7-13(14(20)8-12)17-23-24-18(27-10-15-16(21)28-25-22-15)26(17)9-11-4-2-1-3-5-11/h1-8H,9-10H2. The molecular weight excluding hydrogens is 457 g/mol. The van der Waals surface area contributed by atoms with Gasteiger partial charge >= 0.3 is 0 Å². The Morgan fingerprint density at radius 3 is 2.50 bits per heavy atom. The van der Waals surface area contributed by atoms with Gasteiger partial charge in [0.05, 0.1) is 11.6 Å². The maximum Gasteiger partial charge on any atom is 0.192 e. The highest BCUT2D eigenvalue weighted by molar-refractivity contribution is 7.98. The minimum atomic E-state index is 0.525. The van der Waals surface area contributed by atoms with E-state index in [-0.39, 0.29) is 0 Å². The Kier molecular flexibility index (Phi) is 6.18. The van der Waals surface area contributed by atoms with Gasteiger partial charge in [0.25, 0.3) is 0 Å². The molecule has 5 nitrogen and oxygen atoms in total. The molecule has 0 amide bonds. The van der Waals surface area contributed by atoms with Gasteiger partial charge in [0.2, 0.25) is 0 Å². The number of aromatic nitrogens is 5. The smallest absolute Gasteiger partial charge is 0.192 e. The summed E-state index contributed by atoms with van der Waals surface area (Å²) in [6, 6.07) is 15.5. The summed E-state index contributed by atoms with van der Waals surface area (Å²) in [4.78, 5) is 0. The lowest BCUT2D eigenvalue weighted by molar-refractivity contribution is 0.714. The molecule has 2 aromatic heterocycles. The van der Waals surface area contributed by atoms with Crippen LogP contribution in [0.25, 0.3) is 11.4 Å². The van der Waals surface area contributed by atoms with Crippen molar-refractivity contribution in [2.75, 3.05) is 0 Å². The summed E-state index contributed by atoms with van der Waals surface area (Å²) in [5.74, 6) is 1.23. The lowest BCUT2D eigenvalue weighted by Crippen LogP contribution is -2.04. The Morgan fingerprint density at radius 1 is 0.964 bits per heavy atom. The molecule has 142 valence electrons. The summed E-state index contributed by atoms with van der Waals surface area (Å²) in [5.41, 5.74) is 2.63. The minimum Gasteiger partial charge on any atom is -0.297 e. The summed E-state index contributed by atoms with van der Waals surface area (Å²) < 4.78 is 6.49. The highest BCUT2D eigenvalue weighted by Gasteiger charge is 2.18. The molecule has 10 heteroatoms. The summed E-state index contributed by atoms with van der Waals surface area (Å²) in [7, 11) is 0. The first-order valence-electron chi connectivity index (χ1n) is 8.14. The largest absolute Gasteiger partial charge is 0.297 e. The number of hydrogen-bond donors (Lipinski definition) is 0. The number of thioether (sulfide) groups is 1. The van der Waals surface area contributed by atoms with Crippen molar-refractivity contribution in [1.29, 1.82) is 0 Å². The second kappa shape index (κ2) is 8.80. The number of nitrogens with zero attached hydrogens (tertiary/aromatic N) is 5. The van der Waals surface area contributed by atoms with Crippen LogP contribution in [0.15, 0.2) is 53.7 Å². The van der Waals surface area contributed by atoms with Crippen LogP contribution in [-0.4, -0.2) is 24.4 Å². The van der Waals surface area contributed by atoms with Gasteiger partial charge < -0.3 is 0 Å². The molecule has 0 aliphatic carbocycles. The van der Waals surface area contributed by atoms with Gasteiger partial charge in [0, 0.05) is 27.9 Å². The van der Waals surface area contributed by atoms with E-state index in [9.17, 15) is 0 Å². The van der Waals surface area contributed by atoms with Crippen LogP contribution in [0.3, 0.4) is 0 Å². The van der Waals surface area contributed by atoms with Crippen molar-refractivity contribution in [3.8, 4) is 11.4 Å². The molecule has 4 rings (SSSR count). The van der Waals surface area contributed by atoms with E-state index in [1.165, 1.54) is 23.3 Å². The van der Waals surface area contributed by atoms with E-state index in [0.717, 1.165) is 22.0 Å². The molecule has 2 heterocycles. The molecule has 0 bridgehead atoms. The van der Waals surface area contributed by atoms with Gasteiger partial charge in [-0.3, -0.25) is 4.57 Å². The van der Waals surface area contributed by atoms with Gasteiger partial charge in [-0.05, 0) is 23.8 Å². The van der Waals surface area contributed by atoms with E-state index < -0.39 is 0 Å². The molecule has 28 heavy (non-hydrogen) atoms. The number of halogens is 3. The molecule has 0 saturated carbocycles. The lowest BCUT2D eigenvalue weighted by Gasteiger charge is -2.11. The fourth-order valence-electron chi connectivity index (χ4n) is 2.59. The average Bonchev–Trinajstić information content (AvgIpc) is 3.27. The van der Waals surface area contributed by atoms with Gasteiger partial charge in [0.1, 0.15) is 10.0 Å². The molecule has 0 saturated heterocycles. The Hall–Kier alpha value is -1.64. The molecule has 2 aromatic carbocycles. The Morgan fingerprint density at radius 2 is 1.79 bits per heavy atom. The van der Waals surface area contributed by atoms with Crippen molar-refractivity contribution in [1.82, 2.24) is 24.4 Å². The van der Waals surface area contributed by atoms with Crippen LogP contribution in [0.4, 0.5) is 0 Å². The topological polar surface area (TPSA) is 56.5 Å². The quantitative estimate of drug-likeness (QED) is 0.320. The molecule has 0 unspecified atom stereocenters. The van der Waals surface area contributed by atoms with Crippen molar-refractivity contribution in [2.24, 2.45) is 0 Å². The molecule has 0 radical (unpaired) electrons. The van der Waals surface area contributed by atoms with Crippen LogP contribution in [-0.2, 0) is 12.3 Å². The van der Waals surface area contributed by atoms with E-state index in [2.05, 4.69) is 31.9 Å². The summed E-state index contributed by atoms with van der Waals surface area (Å²) >= 11 is 21.3. The summed E-state index contributed by atoms with van der Waals surface area (Å²) in [6.07, 6.45) is 0. The summed E-state index contributed by atoms with van der Waals surface area (Å²) in [6.45, 7) is 0.605. The Balaban J connectivity index is 1.71. The number of benzene rings is 2. The van der Waals surface area contributed by atoms with Crippen molar-refractivity contribution >= 4 is 58.1 Å². The molecule has 0 fully saturated rings. The number of hydrogen-bond acceptors (Lipinski definition) is 6. The molecule has 0 N–H and O–H groups in total. The van der Waals surface area contributed by atoms with Crippen LogP contribution in [0.2, 0.25) is 14.4 Å². The molecular formula is C18H12Cl3N5S2. The summed E-state index contributed by atoms with van der Waals surface area (Å²) in [5, 5.41) is 14.7. The number of rotatable bonds is 6. The molecule has 0 atom stereocenters. The third kappa shape index (κ3) is 4.34. The van der Waals surface area contributed by atoms with E-state index >= 15 is 0 Å². The first-order valence-corrected chi connectivity index (χ1v) is 11.0. The normalized spacial score (nSPS) is 11.1. The van der Waals surface area contributed by atoms with Crippen molar-refractivity contribution in [3.63, 3.8) is 0 Å². The van der Waals surface area contributed by atoms with Crippen LogP contribution in [0.1, 0.15) is 11.3 Å². The van der Waals surface area contributed by atoms with Gasteiger partial charge in [-0.25, -0.2) is 0 Å². The van der Waals surface area contributed by atoms with Crippen LogP contribution >= 0.6 is 58.1 Å². The zero-order chi connectivity index (χ0) is 19.5.